The van der Waals surface area contributed by atoms with Gasteiger partial charge >= 0.3 is 0 Å². The zero-order valence-electron chi connectivity index (χ0n) is 14.5. The van der Waals surface area contributed by atoms with Crippen LogP contribution in [0.15, 0.2) is 54.7 Å². The van der Waals surface area contributed by atoms with Gasteiger partial charge in [-0.3, -0.25) is 9.78 Å². The van der Waals surface area contributed by atoms with E-state index < -0.39 is 0 Å². The minimum absolute atomic E-state index is 0.0814. The molecule has 4 nitrogen and oxygen atoms in total. The Morgan fingerprint density at radius 1 is 1.12 bits per heavy atom. The van der Waals surface area contributed by atoms with Gasteiger partial charge in [0.25, 0.3) is 0 Å². The molecule has 0 saturated heterocycles. The number of rotatable bonds is 3. The lowest BCUT2D eigenvalue weighted by Crippen LogP contribution is -2.20. The van der Waals surface area contributed by atoms with E-state index in [-0.39, 0.29) is 5.91 Å². The maximum absolute atomic E-state index is 11.9. The molecule has 26 heavy (non-hydrogen) atoms. The molecule has 4 rings (SSSR count). The van der Waals surface area contributed by atoms with Gasteiger partial charge < -0.3 is 9.64 Å². The summed E-state index contributed by atoms with van der Waals surface area (Å²) >= 11 is 6.47. The Hall–Kier alpha value is -2.85. The van der Waals surface area contributed by atoms with E-state index in [2.05, 4.69) is 4.98 Å². The SMILES string of the molecule is COc1ccccc1-c1ccc(-c2cc3c(cc2Cl)N(C)C(=O)C3)cn1. The first-order valence-corrected chi connectivity index (χ1v) is 8.65. The second kappa shape index (κ2) is 6.46. The van der Waals surface area contributed by atoms with Crippen LogP contribution in [0, 0.1) is 0 Å². The average molecular weight is 365 g/mol. The smallest absolute Gasteiger partial charge is 0.231 e. The molecule has 0 unspecified atom stereocenters. The number of likely N-dealkylation sites (N-methyl/N-ethyl adjacent to an activating group) is 1. The molecule has 0 atom stereocenters. The number of pyridine rings is 1. The van der Waals surface area contributed by atoms with Crippen LogP contribution >= 0.6 is 11.6 Å². The second-order valence-electron chi connectivity index (χ2n) is 6.22. The molecule has 1 aliphatic heterocycles. The van der Waals surface area contributed by atoms with E-state index in [1.54, 1.807) is 25.3 Å². The number of aromatic nitrogens is 1. The number of fused-ring (bicyclic) bond motifs is 1. The van der Waals surface area contributed by atoms with E-state index in [0.29, 0.717) is 11.4 Å². The highest BCUT2D eigenvalue weighted by Gasteiger charge is 2.25. The molecule has 0 saturated carbocycles. The van der Waals surface area contributed by atoms with Crippen molar-refractivity contribution >= 4 is 23.2 Å². The number of carbonyl (C=O) groups excluding carboxylic acids is 1. The van der Waals surface area contributed by atoms with Gasteiger partial charge in [0.05, 0.1) is 24.2 Å². The van der Waals surface area contributed by atoms with Gasteiger partial charge in [-0.15, -0.1) is 0 Å². The maximum atomic E-state index is 11.9. The summed E-state index contributed by atoms with van der Waals surface area (Å²) in [6.45, 7) is 0. The summed E-state index contributed by atoms with van der Waals surface area (Å²) in [4.78, 5) is 18.1. The normalized spacial score (nSPS) is 13.0. The van der Waals surface area contributed by atoms with Gasteiger partial charge in [0.1, 0.15) is 5.75 Å². The quantitative estimate of drug-likeness (QED) is 0.682. The summed E-state index contributed by atoms with van der Waals surface area (Å²) in [6.07, 6.45) is 2.21. The van der Waals surface area contributed by atoms with E-state index in [0.717, 1.165) is 39.4 Å². The standard InChI is InChI=1S/C21H17ClN2O2/c1-24-19-11-17(22)16(9-14(19)10-21(24)25)13-7-8-18(23-12-13)15-5-3-4-6-20(15)26-2/h3-9,11-12H,10H2,1-2H3. The van der Waals surface area contributed by atoms with Crippen LogP contribution in [0.2, 0.25) is 5.02 Å². The van der Waals surface area contributed by atoms with Crippen molar-refractivity contribution in [2.24, 2.45) is 0 Å². The number of hydrogen-bond donors (Lipinski definition) is 0. The Morgan fingerprint density at radius 3 is 2.65 bits per heavy atom. The lowest BCUT2D eigenvalue weighted by atomic mass is 10.0. The average Bonchev–Trinajstić information content (AvgIpc) is 2.95. The Balaban J connectivity index is 1.72. The van der Waals surface area contributed by atoms with Crippen LogP contribution < -0.4 is 9.64 Å². The number of hydrogen-bond acceptors (Lipinski definition) is 3. The Kier molecular flexibility index (Phi) is 4.13. The van der Waals surface area contributed by atoms with Crippen LogP contribution in [0.1, 0.15) is 5.56 Å². The van der Waals surface area contributed by atoms with Crippen molar-refractivity contribution in [2.45, 2.75) is 6.42 Å². The van der Waals surface area contributed by atoms with E-state index in [9.17, 15) is 4.79 Å². The fourth-order valence-corrected chi connectivity index (χ4v) is 3.53. The predicted octanol–water partition coefficient (Wildman–Crippen LogP) is 4.60. The van der Waals surface area contributed by atoms with Crippen LogP contribution in [0.5, 0.6) is 5.75 Å². The van der Waals surface area contributed by atoms with Gasteiger partial charge in [0.15, 0.2) is 0 Å². The van der Waals surface area contributed by atoms with Crippen molar-refractivity contribution in [1.82, 2.24) is 4.98 Å². The van der Waals surface area contributed by atoms with Gasteiger partial charge in [-0.25, -0.2) is 0 Å². The molecule has 0 bridgehead atoms. The molecule has 0 aliphatic carbocycles. The first kappa shape index (κ1) is 16.6. The Bertz CT molecular complexity index is 999. The fourth-order valence-electron chi connectivity index (χ4n) is 3.27. The molecule has 0 radical (unpaired) electrons. The number of methoxy groups -OCH3 is 1. The molecule has 2 heterocycles. The van der Waals surface area contributed by atoms with Crippen molar-refractivity contribution in [2.75, 3.05) is 19.1 Å². The first-order chi connectivity index (χ1) is 12.6. The molecule has 3 aromatic rings. The topological polar surface area (TPSA) is 42.4 Å². The number of nitrogens with zero attached hydrogens (tertiary/aromatic N) is 2. The highest BCUT2D eigenvalue weighted by molar-refractivity contribution is 6.34. The Morgan fingerprint density at radius 2 is 1.92 bits per heavy atom. The summed E-state index contributed by atoms with van der Waals surface area (Å²) in [6, 6.07) is 15.6. The number of carbonyl (C=O) groups is 1. The Labute approximate surface area is 157 Å². The van der Waals surface area contributed by atoms with Crippen LogP contribution in [0.25, 0.3) is 22.4 Å². The van der Waals surface area contributed by atoms with E-state index in [4.69, 9.17) is 16.3 Å². The van der Waals surface area contributed by atoms with E-state index >= 15 is 0 Å². The van der Waals surface area contributed by atoms with Crippen LogP contribution in [-0.4, -0.2) is 25.0 Å². The van der Waals surface area contributed by atoms with Gasteiger partial charge in [0.2, 0.25) is 5.91 Å². The third-order valence-corrected chi connectivity index (χ3v) is 5.02. The van der Waals surface area contributed by atoms with Crippen molar-refractivity contribution < 1.29 is 9.53 Å². The number of halogens is 1. The highest BCUT2D eigenvalue weighted by atomic mass is 35.5. The van der Waals surface area contributed by atoms with Gasteiger partial charge in [-0.05, 0) is 35.9 Å². The molecular formula is C21H17ClN2O2. The summed E-state index contributed by atoms with van der Waals surface area (Å²) in [5, 5.41) is 0.608. The summed E-state index contributed by atoms with van der Waals surface area (Å²) in [5.41, 5.74) is 5.44. The van der Waals surface area contributed by atoms with Crippen LogP contribution in [-0.2, 0) is 11.2 Å². The molecule has 130 valence electrons. The fraction of sp³-hybridized carbons (Fsp3) is 0.143. The molecule has 0 spiro atoms. The van der Waals surface area contributed by atoms with E-state index in [1.807, 2.05) is 48.5 Å². The first-order valence-electron chi connectivity index (χ1n) is 8.27. The number of anilines is 1. The van der Waals surface area contributed by atoms with Crippen molar-refractivity contribution in [1.29, 1.82) is 0 Å². The zero-order valence-corrected chi connectivity index (χ0v) is 15.2. The van der Waals surface area contributed by atoms with Gasteiger partial charge in [-0.1, -0.05) is 29.8 Å². The van der Waals surface area contributed by atoms with Crippen LogP contribution in [0.4, 0.5) is 5.69 Å². The molecule has 0 fully saturated rings. The van der Waals surface area contributed by atoms with E-state index in [1.165, 1.54) is 0 Å². The molecular weight excluding hydrogens is 348 g/mol. The number of amides is 1. The van der Waals surface area contributed by atoms with Gasteiger partial charge in [0, 0.05) is 35.6 Å². The van der Waals surface area contributed by atoms with Gasteiger partial charge in [-0.2, -0.15) is 0 Å². The monoisotopic (exact) mass is 364 g/mol. The lowest BCUT2D eigenvalue weighted by molar-refractivity contribution is -0.117. The van der Waals surface area contributed by atoms with Crippen LogP contribution in [0.3, 0.4) is 0 Å². The minimum Gasteiger partial charge on any atom is -0.496 e. The summed E-state index contributed by atoms with van der Waals surface area (Å²) in [7, 11) is 3.42. The zero-order chi connectivity index (χ0) is 18.3. The second-order valence-corrected chi connectivity index (χ2v) is 6.63. The summed E-state index contributed by atoms with van der Waals surface area (Å²) in [5.74, 6) is 0.864. The molecule has 1 aliphatic rings. The molecule has 2 aromatic carbocycles. The molecule has 5 heteroatoms. The number of benzene rings is 2. The maximum Gasteiger partial charge on any atom is 0.231 e. The highest BCUT2D eigenvalue weighted by Crippen LogP contribution is 2.38. The minimum atomic E-state index is 0.0814. The lowest BCUT2D eigenvalue weighted by Gasteiger charge is -2.13. The van der Waals surface area contributed by atoms with Crippen molar-refractivity contribution in [3.8, 4) is 28.1 Å². The van der Waals surface area contributed by atoms with Crippen molar-refractivity contribution in [3.63, 3.8) is 0 Å². The van der Waals surface area contributed by atoms with Crippen molar-refractivity contribution in [3.05, 3.63) is 65.3 Å². The number of para-hydroxylation sites is 1. The molecule has 0 N–H and O–H groups in total. The third kappa shape index (κ3) is 2.72. The predicted molar refractivity (Wildman–Crippen MR) is 104 cm³/mol. The largest absolute Gasteiger partial charge is 0.496 e. The molecule has 1 aromatic heterocycles. The number of ether oxygens (including phenoxy) is 1. The third-order valence-electron chi connectivity index (χ3n) is 4.70. The summed E-state index contributed by atoms with van der Waals surface area (Å²) < 4.78 is 5.41. The molecule has 1 amide bonds.